The Hall–Kier alpha value is -2.89. The molecule has 0 saturated carbocycles. The molecule has 58 heavy (non-hydrogen) atoms. The Bertz CT molecular complexity index is 1070. The van der Waals surface area contributed by atoms with E-state index in [2.05, 4.69) is 45.1 Å². The molecule has 6 nitrogen and oxygen atoms in total. The van der Waals surface area contributed by atoms with Crippen molar-refractivity contribution >= 4 is 17.9 Å². The van der Waals surface area contributed by atoms with Gasteiger partial charge < -0.3 is 14.2 Å². The fourth-order valence-electron chi connectivity index (χ4n) is 6.67. The van der Waals surface area contributed by atoms with E-state index in [9.17, 15) is 14.4 Å². The molecule has 6 heteroatoms. The maximum atomic E-state index is 12.7. The van der Waals surface area contributed by atoms with Gasteiger partial charge in [0.05, 0.1) is 0 Å². The van der Waals surface area contributed by atoms with Crippen LogP contribution in [0, 0.1) is 0 Å². The van der Waals surface area contributed by atoms with Crippen molar-refractivity contribution in [2.24, 2.45) is 0 Å². The lowest BCUT2D eigenvalue weighted by molar-refractivity contribution is -0.167. The number of ether oxygens (including phenoxy) is 3. The summed E-state index contributed by atoms with van der Waals surface area (Å²) >= 11 is 0. The summed E-state index contributed by atoms with van der Waals surface area (Å²) in [4.78, 5) is 37.8. The third kappa shape index (κ3) is 44.2. The van der Waals surface area contributed by atoms with Crippen LogP contribution in [-0.4, -0.2) is 37.2 Å². The van der Waals surface area contributed by atoms with Crippen molar-refractivity contribution in [2.75, 3.05) is 13.2 Å². The molecule has 334 valence electrons. The molecule has 0 rings (SSSR count). The molecule has 0 aliphatic carbocycles. The Balaban J connectivity index is 4.40. The molecule has 0 bridgehead atoms. The Labute approximate surface area is 358 Å². The van der Waals surface area contributed by atoms with Crippen LogP contribution in [0.5, 0.6) is 0 Å². The number of hydrogen-bond acceptors (Lipinski definition) is 6. The third-order valence-electron chi connectivity index (χ3n) is 10.4. The zero-order chi connectivity index (χ0) is 42.3. The molecule has 0 spiro atoms. The second kappa shape index (κ2) is 46.8. The number of unbranched alkanes of at least 4 members (excludes halogenated alkanes) is 25. The molecule has 0 aromatic carbocycles. The highest BCUT2D eigenvalue weighted by Crippen LogP contribution is 2.15. The maximum absolute atomic E-state index is 12.7. The second-order valence-electron chi connectivity index (χ2n) is 16.1. The Kier molecular flexibility index (Phi) is 44.5. The van der Waals surface area contributed by atoms with E-state index in [1.54, 1.807) is 0 Å². The molecule has 0 aromatic heterocycles. The minimum absolute atomic E-state index is 0.0913. The summed E-state index contributed by atoms with van der Waals surface area (Å²) < 4.78 is 16.7. The monoisotopic (exact) mass is 811 g/mol. The number of carbonyl (C=O) groups is 3. The summed E-state index contributed by atoms with van der Waals surface area (Å²) in [7, 11) is 0. The van der Waals surface area contributed by atoms with Gasteiger partial charge in [0, 0.05) is 19.3 Å². The van der Waals surface area contributed by atoms with E-state index in [-0.39, 0.29) is 37.5 Å². The predicted molar refractivity (Wildman–Crippen MR) is 247 cm³/mol. The van der Waals surface area contributed by atoms with Gasteiger partial charge in [-0.2, -0.15) is 0 Å². The fourth-order valence-corrected chi connectivity index (χ4v) is 6.67. The van der Waals surface area contributed by atoms with E-state index in [0.717, 1.165) is 77.0 Å². The van der Waals surface area contributed by atoms with Crippen LogP contribution in [0.1, 0.15) is 233 Å². The number of carbonyl (C=O) groups excluding carboxylic acids is 3. The van der Waals surface area contributed by atoms with Crippen LogP contribution in [0.4, 0.5) is 0 Å². The van der Waals surface area contributed by atoms with Gasteiger partial charge in [-0.05, 0) is 57.8 Å². The largest absolute Gasteiger partial charge is 0.462 e. The van der Waals surface area contributed by atoms with E-state index in [0.29, 0.717) is 12.8 Å². The lowest BCUT2D eigenvalue weighted by Gasteiger charge is -2.18. The molecule has 0 amide bonds. The minimum atomic E-state index is -0.794. The summed E-state index contributed by atoms with van der Waals surface area (Å²) in [6, 6.07) is 0. The van der Waals surface area contributed by atoms with E-state index in [1.165, 1.54) is 116 Å². The van der Waals surface area contributed by atoms with Gasteiger partial charge in [0.25, 0.3) is 0 Å². The van der Waals surface area contributed by atoms with Crippen molar-refractivity contribution in [3.8, 4) is 0 Å². The van der Waals surface area contributed by atoms with Crippen molar-refractivity contribution in [2.45, 2.75) is 239 Å². The first kappa shape index (κ1) is 55.1. The summed E-state index contributed by atoms with van der Waals surface area (Å²) in [6.07, 6.45) is 56.3. The van der Waals surface area contributed by atoms with Crippen molar-refractivity contribution in [1.29, 1.82) is 0 Å². The molecule has 0 fully saturated rings. The molecule has 1 atom stereocenters. The highest BCUT2D eigenvalue weighted by Gasteiger charge is 2.19. The van der Waals surface area contributed by atoms with Gasteiger partial charge in [0.1, 0.15) is 13.2 Å². The Morgan fingerprint density at radius 1 is 0.362 bits per heavy atom. The van der Waals surface area contributed by atoms with Crippen LogP contribution in [0.15, 0.2) is 60.8 Å². The predicted octanol–water partition coefficient (Wildman–Crippen LogP) is 15.7. The normalized spacial score (nSPS) is 12.5. The first-order valence-corrected chi connectivity index (χ1v) is 24.3. The third-order valence-corrected chi connectivity index (χ3v) is 10.4. The van der Waals surface area contributed by atoms with Crippen LogP contribution < -0.4 is 0 Å². The van der Waals surface area contributed by atoms with E-state index in [4.69, 9.17) is 14.2 Å². The van der Waals surface area contributed by atoms with Gasteiger partial charge in [-0.3, -0.25) is 14.4 Å². The average Bonchev–Trinajstić information content (AvgIpc) is 3.22. The molecular formula is C52H90O6. The summed E-state index contributed by atoms with van der Waals surface area (Å²) in [5.41, 5.74) is 0. The standard InChI is InChI=1S/C52H90O6/c1-4-7-10-13-16-19-22-24-25-26-28-30-33-36-39-42-45-51(54)57-48-49(47-56-50(53)44-41-38-35-32-29-21-18-15-12-9-6-3)58-52(55)46-43-40-37-34-31-27-23-20-17-14-11-8-5-2/h8,11,14-15,17-18,20,23,27,31,49H,4-7,9-10,12-13,16,19,21-22,24-26,28-30,32-48H2,1-3H3/b11-8-,17-14-,18-15-,23-20-,31-27-. The van der Waals surface area contributed by atoms with Crippen molar-refractivity contribution in [1.82, 2.24) is 0 Å². The molecule has 0 aliphatic rings. The van der Waals surface area contributed by atoms with Crippen molar-refractivity contribution in [3.63, 3.8) is 0 Å². The first-order valence-electron chi connectivity index (χ1n) is 24.3. The molecule has 0 aliphatic heterocycles. The number of rotatable bonds is 43. The summed E-state index contributed by atoms with van der Waals surface area (Å²) in [5.74, 6) is -0.939. The highest BCUT2D eigenvalue weighted by atomic mass is 16.6. The highest BCUT2D eigenvalue weighted by molar-refractivity contribution is 5.71. The average molecular weight is 811 g/mol. The van der Waals surface area contributed by atoms with Gasteiger partial charge in [-0.25, -0.2) is 0 Å². The van der Waals surface area contributed by atoms with Gasteiger partial charge in [0.15, 0.2) is 6.10 Å². The zero-order valence-electron chi connectivity index (χ0n) is 38.0. The fraction of sp³-hybridized carbons (Fsp3) is 0.750. The number of allylic oxidation sites excluding steroid dienone is 10. The number of esters is 3. The molecule has 1 unspecified atom stereocenters. The molecule has 0 saturated heterocycles. The van der Waals surface area contributed by atoms with Gasteiger partial charge in [-0.15, -0.1) is 0 Å². The van der Waals surface area contributed by atoms with E-state index >= 15 is 0 Å². The van der Waals surface area contributed by atoms with Crippen LogP contribution in [0.3, 0.4) is 0 Å². The Morgan fingerprint density at radius 2 is 0.707 bits per heavy atom. The van der Waals surface area contributed by atoms with Crippen molar-refractivity contribution in [3.05, 3.63) is 60.8 Å². The van der Waals surface area contributed by atoms with Crippen LogP contribution in [0.2, 0.25) is 0 Å². The zero-order valence-corrected chi connectivity index (χ0v) is 38.0. The van der Waals surface area contributed by atoms with Gasteiger partial charge in [-0.1, -0.05) is 216 Å². The number of hydrogen-bond donors (Lipinski definition) is 0. The molecule has 0 aromatic rings. The summed E-state index contributed by atoms with van der Waals surface area (Å²) in [5, 5.41) is 0. The van der Waals surface area contributed by atoms with Crippen LogP contribution >= 0.6 is 0 Å². The molecule has 0 heterocycles. The SMILES string of the molecule is CC\C=C/C=C\C=C/C=C\CCCCCC(=O)OC(COC(=O)CCCCCCC/C=C\CCCC)COC(=O)CCCCCCCCCCCCCCCCCC. The first-order chi connectivity index (χ1) is 28.5. The van der Waals surface area contributed by atoms with E-state index in [1.807, 2.05) is 36.5 Å². The van der Waals surface area contributed by atoms with E-state index < -0.39 is 6.10 Å². The van der Waals surface area contributed by atoms with Gasteiger partial charge in [0.2, 0.25) is 0 Å². The minimum Gasteiger partial charge on any atom is -0.462 e. The van der Waals surface area contributed by atoms with Crippen molar-refractivity contribution < 1.29 is 28.6 Å². The Morgan fingerprint density at radius 3 is 1.17 bits per heavy atom. The van der Waals surface area contributed by atoms with Gasteiger partial charge >= 0.3 is 17.9 Å². The molecule has 0 radical (unpaired) electrons. The smallest absolute Gasteiger partial charge is 0.306 e. The lowest BCUT2D eigenvalue weighted by atomic mass is 10.0. The topological polar surface area (TPSA) is 78.9 Å². The van der Waals surface area contributed by atoms with Crippen LogP contribution in [0.25, 0.3) is 0 Å². The molecule has 0 N–H and O–H groups in total. The molecular weight excluding hydrogens is 721 g/mol. The lowest BCUT2D eigenvalue weighted by Crippen LogP contribution is -2.30. The summed E-state index contributed by atoms with van der Waals surface area (Å²) in [6.45, 7) is 6.42. The quantitative estimate of drug-likeness (QED) is 0.0201. The van der Waals surface area contributed by atoms with Crippen LogP contribution in [-0.2, 0) is 28.6 Å². The maximum Gasteiger partial charge on any atom is 0.306 e. The second-order valence-corrected chi connectivity index (χ2v) is 16.1.